The number of ether oxygens (including phenoxy) is 2. The van der Waals surface area contributed by atoms with E-state index in [9.17, 15) is 29.6 Å². The van der Waals surface area contributed by atoms with Crippen molar-refractivity contribution in [2.75, 3.05) is 7.11 Å². The van der Waals surface area contributed by atoms with Gasteiger partial charge in [-0.15, -0.1) is 0 Å². The van der Waals surface area contributed by atoms with E-state index in [4.69, 9.17) is 9.47 Å². The lowest BCUT2D eigenvalue weighted by Gasteiger charge is -2.32. The number of fused-ring (bicyclic) bond motifs is 5. The molecule has 2 aliphatic rings. The van der Waals surface area contributed by atoms with E-state index in [1.165, 1.54) is 29.9 Å². The molecule has 174 valence electrons. The summed E-state index contributed by atoms with van der Waals surface area (Å²) >= 11 is 0. The van der Waals surface area contributed by atoms with Gasteiger partial charge in [0.25, 0.3) is 11.2 Å². The summed E-state index contributed by atoms with van der Waals surface area (Å²) in [7, 11) is 1.22. The Morgan fingerprint density at radius 3 is 2.82 bits per heavy atom. The van der Waals surface area contributed by atoms with Crippen LogP contribution in [0.4, 0.5) is 5.69 Å². The minimum Gasteiger partial charge on any atom is -0.469 e. The van der Waals surface area contributed by atoms with Gasteiger partial charge in [-0.25, -0.2) is 9.78 Å². The molecule has 11 heteroatoms. The molecule has 11 nitrogen and oxygen atoms in total. The lowest BCUT2D eigenvalue weighted by atomic mass is 9.86. The highest BCUT2D eigenvalue weighted by Gasteiger charge is 2.46. The summed E-state index contributed by atoms with van der Waals surface area (Å²) in [5.74, 6) is -1.44. The quantitative estimate of drug-likeness (QED) is 0.347. The zero-order valence-corrected chi connectivity index (χ0v) is 18.2. The Hall–Kier alpha value is -4.12. The minimum absolute atomic E-state index is 0.0164. The van der Waals surface area contributed by atoms with Gasteiger partial charge >= 0.3 is 11.9 Å². The van der Waals surface area contributed by atoms with E-state index in [1.54, 1.807) is 19.1 Å². The zero-order chi connectivity index (χ0) is 24.4. The summed E-state index contributed by atoms with van der Waals surface area (Å²) in [5, 5.41) is 22.9. The van der Waals surface area contributed by atoms with Gasteiger partial charge in [0.1, 0.15) is 6.61 Å². The number of carbonyl (C=O) groups is 2. The Morgan fingerprint density at radius 1 is 1.38 bits per heavy atom. The Labute approximate surface area is 191 Å². The Bertz CT molecular complexity index is 1480. The van der Waals surface area contributed by atoms with Crippen LogP contribution in [0.25, 0.3) is 22.3 Å². The lowest BCUT2D eigenvalue weighted by Crippen LogP contribution is -2.44. The number of hydrogen-bond acceptors (Lipinski definition) is 9. The third kappa shape index (κ3) is 2.86. The third-order valence-corrected chi connectivity index (χ3v) is 6.55. The van der Waals surface area contributed by atoms with Gasteiger partial charge in [0.2, 0.25) is 0 Å². The van der Waals surface area contributed by atoms with Crippen molar-refractivity contribution in [3.8, 4) is 11.4 Å². The van der Waals surface area contributed by atoms with Gasteiger partial charge in [0, 0.05) is 17.2 Å². The van der Waals surface area contributed by atoms with Gasteiger partial charge < -0.3 is 14.6 Å². The smallest absolute Gasteiger partial charge is 0.343 e. The summed E-state index contributed by atoms with van der Waals surface area (Å²) < 4.78 is 11.3. The largest absolute Gasteiger partial charge is 0.469 e. The molecule has 0 amide bonds. The Kier molecular flexibility index (Phi) is 4.76. The number of esters is 2. The molecule has 2 atom stereocenters. The average molecular weight is 465 g/mol. The van der Waals surface area contributed by atoms with Crippen LogP contribution < -0.4 is 5.56 Å². The number of cyclic esters (lactones) is 1. The van der Waals surface area contributed by atoms with Gasteiger partial charge in [-0.3, -0.25) is 24.3 Å². The van der Waals surface area contributed by atoms with E-state index < -0.39 is 34.1 Å². The second kappa shape index (κ2) is 7.45. The molecule has 1 N–H and O–H groups in total. The maximum Gasteiger partial charge on any atom is 0.343 e. The molecule has 34 heavy (non-hydrogen) atoms. The highest BCUT2D eigenvalue weighted by molar-refractivity contribution is 5.92. The number of aromatic nitrogens is 2. The molecule has 1 aromatic carbocycles. The molecule has 0 saturated carbocycles. The summed E-state index contributed by atoms with van der Waals surface area (Å²) in [4.78, 5) is 53.9. The molecule has 0 fully saturated rings. The van der Waals surface area contributed by atoms with Crippen molar-refractivity contribution in [1.82, 2.24) is 9.55 Å². The number of nitrogens with zero attached hydrogens (tertiary/aromatic N) is 3. The van der Waals surface area contributed by atoms with Crippen molar-refractivity contribution in [3.63, 3.8) is 0 Å². The number of pyridine rings is 2. The first kappa shape index (κ1) is 21.7. The van der Waals surface area contributed by atoms with Crippen molar-refractivity contribution in [2.45, 2.75) is 38.0 Å². The zero-order valence-electron chi connectivity index (χ0n) is 18.2. The molecule has 0 spiro atoms. The second-order valence-corrected chi connectivity index (χ2v) is 8.21. The number of methoxy groups -OCH3 is 1. The highest BCUT2D eigenvalue weighted by Crippen LogP contribution is 2.44. The van der Waals surface area contributed by atoms with Crippen LogP contribution in [0, 0.1) is 10.1 Å². The number of hydrogen-bond donors (Lipinski definition) is 1. The number of carbonyl (C=O) groups excluding carboxylic acids is 2. The lowest BCUT2D eigenvalue weighted by molar-refractivity contribution is -0.383. The monoisotopic (exact) mass is 465 g/mol. The summed E-state index contributed by atoms with van der Waals surface area (Å²) in [6, 6.07) is 6.70. The van der Waals surface area contributed by atoms with E-state index in [-0.39, 0.29) is 41.6 Å². The van der Waals surface area contributed by atoms with Gasteiger partial charge in [0.15, 0.2) is 5.60 Å². The second-order valence-electron chi connectivity index (χ2n) is 8.21. The number of rotatable bonds is 4. The first-order valence-corrected chi connectivity index (χ1v) is 10.5. The molecule has 0 saturated heterocycles. The van der Waals surface area contributed by atoms with E-state index in [2.05, 4.69) is 4.98 Å². The maximum atomic E-state index is 13.6. The number of nitro benzene ring substituents is 1. The van der Waals surface area contributed by atoms with Gasteiger partial charge in [-0.2, -0.15) is 0 Å². The summed E-state index contributed by atoms with van der Waals surface area (Å²) in [6.07, 6.45) is -0.238. The normalized spacial score (nSPS) is 20.3. The third-order valence-electron chi connectivity index (χ3n) is 6.55. The van der Waals surface area contributed by atoms with E-state index in [1.807, 2.05) is 0 Å². The van der Waals surface area contributed by atoms with Crippen LogP contribution in [0.3, 0.4) is 0 Å². The van der Waals surface area contributed by atoms with E-state index >= 15 is 0 Å². The maximum absolute atomic E-state index is 13.6. The van der Waals surface area contributed by atoms with Crippen molar-refractivity contribution >= 4 is 28.5 Å². The molecular weight excluding hydrogens is 446 g/mol. The molecule has 0 aliphatic carbocycles. The van der Waals surface area contributed by atoms with Crippen molar-refractivity contribution in [3.05, 3.63) is 67.5 Å². The molecule has 2 aromatic heterocycles. The standard InChI is InChI=1S/C23H19N3O8/c1-3-23(30)14-8-18-20-12(7-11-15(24-20)5-4-6-16(11)26(31)32)17(9-19(27)33-2)25(18)21(28)13(14)10-34-22(23)29/h4-8,17,30H,3,9-10H2,1-2H3/t17?,23-/m0/s1. The first-order chi connectivity index (χ1) is 16.2. The Morgan fingerprint density at radius 2 is 2.15 bits per heavy atom. The van der Waals surface area contributed by atoms with Crippen molar-refractivity contribution < 1.29 is 29.1 Å². The summed E-state index contributed by atoms with van der Waals surface area (Å²) in [5.41, 5.74) is -1.09. The van der Waals surface area contributed by atoms with E-state index in [0.29, 0.717) is 22.5 Å². The van der Waals surface area contributed by atoms with Crippen LogP contribution in [0.5, 0.6) is 0 Å². The molecule has 1 unspecified atom stereocenters. The van der Waals surface area contributed by atoms with Crippen LogP contribution in [-0.2, 0) is 31.3 Å². The Balaban J connectivity index is 1.85. The fraction of sp³-hybridized carbons (Fsp3) is 0.304. The van der Waals surface area contributed by atoms with Crippen LogP contribution in [-0.4, -0.2) is 38.6 Å². The van der Waals surface area contributed by atoms with Crippen LogP contribution in [0.15, 0.2) is 35.1 Å². The first-order valence-electron chi connectivity index (χ1n) is 10.5. The van der Waals surface area contributed by atoms with Crippen LogP contribution in [0.2, 0.25) is 0 Å². The molecule has 3 aromatic rings. The average Bonchev–Trinajstić information content (AvgIpc) is 3.12. The van der Waals surface area contributed by atoms with Gasteiger partial charge in [-0.05, 0) is 24.6 Å². The van der Waals surface area contributed by atoms with Crippen LogP contribution in [0.1, 0.15) is 42.5 Å². The molecule has 4 heterocycles. The molecular formula is C23H19N3O8. The van der Waals surface area contributed by atoms with Gasteiger partial charge in [-0.1, -0.05) is 13.0 Å². The predicted molar refractivity (Wildman–Crippen MR) is 117 cm³/mol. The minimum atomic E-state index is -2.00. The topological polar surface area (TPSA) is 151 Å². The van der Waals surface area contributed by atoms with E-state index in [0.717, 1.165) is 0 Å². The highest BCUT2D eigenvalue weighted by atomic mass is 16.6. The SMILES string of the molecule is CC[C@@]1(O)C(=O)OCc2c1cc1n(c2=O)C(CC(=O)OC)c2cc3c([N+](=O)[O-])cccc3nc2-1. The predicted octanol–water partition coefficient (Wildman–Crippen LogP) is 2.09. The number of nitro groups is 1. The summed E-state index contributed by atoms with van der Waals surface area (Å²) in [6.45, 7) is 1.28. The fourth-order valence-electron chi connectivity index (χ4n) is 4.76. The molecule has 5 rings (SSSR count). The number of benzene rings is 1. The van der Waals surface area contributed by atoms with Crippen LogP contribution >= 0.6 is 0 Å². The number of aliphatic hydroxyl groups is 1. The molecule has 2 aliphatic heterocycles. The van der Waals surface area contributed by atoms with Crippen molar-refractivity contribution in [1.29, 1.82) is 0 Å². The molecule has 0 bridgehead atoms. The fourth-order valence-corrected chi connectivity index (χ4v) is 4.76. The molecule has 0 radical (unpaired) electrons. The van der Waals surface area contributed by atoms with Gasteiger partial charge in [0.05, 0.1) is 52.4 Å². The number of non-ortho nitro benzene ring substituents is 1. The van der Waals surface area contributed by atoms with Crippen molar-refractivity contribution in [2.24, 2.45) is 0 Å².